The smallest absolute Gasteiger partial charge is 0.272 e. The maximum absolute atomic E-state index is 12.8. The molecule has 2 fully saturated rings. The first-order valence-electron chi connectivity index (χ1n) is 8.33. The number of hydrogen-bond donors (Lipinski definition) is 2. The van der Waals surface area contributed by atoms with Crippen LogP contribution in [0.5, 0.6) is 0 Å². The van der Waals surface area contributed by atoms with Crippen molar-refractivity contribution in [3.8, 4) is 0 Å². The molecule has 6 nitrogen and oxygen atoms in total. The fourth-order valence-corrected chi connectivity index (χ4v) is 3.89. The summed E-state index contributed by atoms with van der Waals surface area (Å²) >= 11 is 0. The van der Waals surface area contributed by atoms with E-state index in [2.05, 4.69) is 4.98 Å². The fourth-order valence-electron chi connectivity index (χ4n) is 3.89. The molecule has 23 heavy (non-hydrogen) atoms. The van der Waals surface area contributed by atoms with E-state index in [1.807, 2.05) is 4.90 Å². The summed E-state index contributed by atoms with van der Waals surface area (Å²) in [5.74, 6) is -0.512. The second-order valence-corrected chi connectivity index (χ2v) is 6.52. The van der Waals surface area contributed by atoms with Gasteiger partial charge in [-0.1, -0.05) is 12.8 Å². The Kier molecular flexibility index (Phi) is 4.61. The molecule has 1 aromatic rings. The van der Waals surface area contributed by atoms with Crippen molar-refractivity contribution < 1.29 is 14.7 Å². The van der Waals surface area contributed by atoms with Gasteiger partial charge in [0.05, 0.1) is 11.7 Å². The highest BCUT2D eigenvalue weighted by molar-refractivity contribution is 5.95. The van der Waals surface area contributed by atoms with E-state index in [9.17, 15) is 14.7 Å². The molecular weight excluding hydrogens is 294 g/mol. The molecule has 2 heterocycles. The van der Waals surface area contributed by atoms with E-state index in [1.54, 1.807) is 6.07 Å². The van der Waals surface area contributed by atoms with Crippen LogP contribution in [0.25, 0.3) is 0 Å². The Morgan fingerprint density at radius 1 is 1.17 bits per heavy atom. The third-order valence-corrected chi connectivity index (χ3v) is 5.10. The number of nitrogens with two attached hydrogens (primary N) is 1. The molecule has 0 radical (unpaired) electrons. The van der Waals surface area contributed by atoms with Crippen molar-refractivity contribution >= 4 is 11.8 Å². The summed E-state index contributed by atoms with van der Waals surface area (Å²) in [5, 5.41) is 10.3. The van der Waals surface area contributed by atoms with Gasteiger partial charge in [0.1, 0.15) is 5.69 Å². The summed E-state index contributed by atoms with van der Waals surface area (Å²) in [5.41, 5.74) is 5.81. The lowest BCUT2D eigenvalue weighted by Gasteiger charge is -2.37. The first-order valence-corrected chi connectivity index (χ1v) is 8.33. The van der Waals surface area contributed by atoms with Crippen LogP contribution in [0.15, 0.2) is 18.3 Å². The second kappa shape index (κ2) is 6.66. The molecule has 0 spiro atoms. The summed E-state index contributed by atoms with van der Waals surface area (Å²) in [7, 11) is 0. The highest BCUT2D eigenvalue weighted by Gasteiger charge is 2.39. The van der Waals surface area contributed by atoms with Crippen molar-refractivity contribution in [2.75, 3.05) is 6.54 Å². The molecule has 2 amide bonds. The molecular formula is C17H23N3O3. The molecule has 124 valence electrons. The molecule has 0 aromatic carbocycles. The predicted molar refractivity (Wildman–Crippen MR) is 84.8 cm³/mol. The van der Waals surface area contributed by atoms with Crippen molar-refractivity contribution in [1.29, 1.82) is 0 Å². The number of carbonyl (C=O) groups is 2. The third kappa shape index (κ3) is 3.22. The normalized spacial score (nSPS) is 27.9. The van der Waals surface area contributed by atoms with E-state index >= 15 is 0 Å². The fraction of sp³-hybridized carbons (Fsp3) is 0.588. The van der Waals surface area contributed by atoms with Crippen molar-refractivity contribution in [2.45, 2.75) is 50.7 Å². The Hall–Kier alpha value is -1.95. The summed E-state index contributed by atoms with van der Waals surface area (Å²) in [4.78, 5) is 29.8. The number of amides is 2. The Bertz CT molecular complexity index is 587. The van der Waals surface area contributed by atoms with Crippen LogP contribution >= 0.6 is 0 Å². The van der Waals surface area contributed by atoms with Gasteiger partial charge in [0.15, 0.2) is 0 Å². The molecule has 3 atom stereocenters. The summed E-state index contributed by atoms with van der Waals surface area (Å²) in [6, 6.07) is 3.17. The van der Waals surface area contributed by atoms with Gasteiger partial charge in [-0.2, -0.15) is 0 Å². The number of pyridine rings is 1. The molecule has 1 saturated heterocycles. The molecule has 0 bridgehead atoms. The minimum absolute atomic E-state index is 0.0930. The third-order valence-electron chi connectivity index (χ3n) is 5.10. The second-order valence-electron chi connectivity index (χ2n) is 6.52. The van der Waals surface area contributed by atoms with E-state index < -0.39 is 5.91 Å². The summed E-state index contributed by atoms with van der Waals surface area (Å²) in [6.07, 6.45) is 6.91. The Morgan fingerprint density at radius 2 is 1.96 bits per heavy atom. The number of aliphatic hydroxyl groups excluding tert-OH is 1. The van der Waals surface area contributed by atoms with Crippen LogP contribution in [-0.4, -0.2) is 45.5 Å². The predicted octanol–water partition coefficient (Wildman–Crippen LogP) is 1.34. The molecule has 3 rings (SSSR count). The van der Waals surface area contributed by atoms with Gasteiger partial charge in [0.25, 0.3) is 5.91 Å². The van der Waals surface area contributed by atoms with Crippen molar-refractivity contribution in [1.82, 2.24) is 9.88 Å². The molecule has 1 saturated carbocycles. The van der Waals surface area contributed by atoms with Crippen LogP contribution in [0.2, 0.25) is 0 Å². The molecule has 2 aliphatic rings. The minimum Gasteiger partial charge on any atom is -0.393 e. The zero-order valence-corrected chi connectivity index (χ0v) is 13.1. The Morgan fingerprint density at radius 3 is 2.61 bits per heavy atom. The number of likely N-dealkylation sites (tertiary alicyclic amines) is 1. The van der Waals surface area contributed by atoms with Gasteiger partial charge in [0, 0.05) is 24.7 Å². The molecule has 3 N–H and O–H groups in total. The monoisotopic (exact) mass is 317 g/mol. The van der Waals surface area contributed by atoms with Gasteiger partial charge < -0.3 is 15.7 Å². The van der Waals surface area contributed by atoms with Gasteiger partial charge in [-0.3, -0.25) is 14.6 Å². The number of aromatic nitrogens is 1. The van der Waals surface area contributed by atoms with Crippen LogP contribution in [0.3, 0.4) is 0 Å². The topological polar surface area (TPSA) is 96.5 Å². The molecule has 1 aliphatic heterocycles. The van der Waals surface area contributed by atoms with Crippen LogP contribution in [0, 0.1) is 5.92 Å². The zero-order valence-electron chi connectivity index (χ0n) is 13.1. The highest BCUT2D eigenvalue weighted by Crippen LogP contribution is 2.35. The number of aliphatic hydroxyl groups is 1. The molecule has 1 aromatic heterocycles. The quantitative estimate of drug-likeness (QED) is 0.879. The Labute approximate surface area is 135 Å². The number of rotatable bonds is 3. The maximum Gasteiger partial charge on any atom is 0.272 e. The standard InChI is InChI=1S/C17H23N3O3/c18-16(22)11-7-8-13(19-10-11)17(23)20-9-3-5-14(20)12-4-1-2-6-15(12)21/h7-8,10,12,14-15,21H,1-6,9H2,(H2,18,22). The van der Waals surface area contributed by atoms with E-state index in [1.165, 1.54) is 12.3 Å². The van der Waals surface area contributed by atoms with Crippen LogP contribution < -0.4 is 5.73 Å². The zero-order chi connectivity index (χ0) is 16.4. The number of hydrogen-bond acceptors (Lipinski definition) is 4. The lowest BCUT2D eigenvalue weighted by atomic mass is 9.80. The van der Waals surface area contributed by atoms with E-state index in [-0.39, 0.29) is 24.0 Å². The summed E-state index contributed by atoms with van der Waals surface area (Å²) < 4.78 is 0. The first kappa shape index (κ1) is 15.9. The molecule has 1 aliphatic carbocycles. The van der Waals surface area contributed by atoms with Gasteiger partial charge in [-0.15, -0.1) is 0 Å². The first-order chi connectivity index (χ1) is 11.1. The van der Waals surface area contributed by atoms with Gasteiger partial charge in [0.2, 0.25) is 5.91 Å². The summed E-state index contributed by atoms with van der Waals surface area (Å²) in [6.45, 7) is 0.700. The molecule has 3 unspecified atom stereocenters. The largest absolute Gasteiger partial charge is 0.393 e. The van der Waals surface area contributed by atoms with Crippen molar-refractivity contribution in [3.05, 3.63) is 29.6 Å². The average Bonchev–Trinajstić information content (AvgIpc) is 3.04. The SMILES string of the molecule is NC(=O)c1ccc(C(=O)N2CCCC2C2CCCCC2O)nc1. The lowest BCUT2D eigenvalue weighted by molar-refractivity contribution is 0.0209. The van der Waals surface area contributed by atoms with Gasteiger partial charge in [-0.05, 0) is 37.8 Å². The number of nitrogens with zero attached hydrogens (tertiary/aromatic N) is 2. The average molecular weight is 317 g/mol. The highest BCUT2D eigenvalue weighted by atomic mass is 16.3. The van der Waals surface area contributed by atoms with Crippen LogP contribution in [-0.2, 0) is 0 Å². The van der Waals surface area contributed by atoms with Crippen LogP contribution in [0.1, 0.15) is 59.4 Å². The van der Waals surface area contributed by atoms with Crippen LogP contribution in [0.4, 0.5) is 0 Å². The lowest BCUT2D eigenvalue weighted by Crippen LogP contribution is -2.45. The van der Waals surface area contributed by atoms with E-state index in [0.29, 0.717) is 17.8 Å². The van der Waals surface area contributed by atoms with Gasteiger partial charge >= 0.3 is 0 Å². The van der Waals surface area contributed by atoms with Gasteiger partial charge in [-0.25, -0.2) is 0 Å². The number of primary amides is 1. The van der Waals surface area contributed by atoms with Crippen molar-refractivity contribution in [3.63, 3.8) is 0 Å². The maximum atomic E-state index is 12.8. The Balaban J connectivity index is 1.76. The van der Waals surface area contributed by atoms with Crippen molar-refractivity contribution in [2.24, 2.45) is 11.7 Å². The minimum atomic E-state index is -0.555. The van der Waals surface area contributed by atoms with E-state index in [0.717, 1.165) is 38.5 Å². The molecule has 6 heteroatoms. The number of carbonyl (C=O) groups excluding carboxylic acids is 2. The van der Waals surface area contributed by atoms with E-state index in [4.69, 9.17) is 5.73 Å².